The van der Waals surface area contributed by atoms with Crippen molar-refractivity contribution in [3.05, 3.63) is 83.3 Å². The number of amides is 1. The molecule has 0 aliphatic carbocycles. The molecule has 28 heavy (non-hydrogen) atoms. The molecule has 1 heterocycles. The van der Waals surface area contributed by atoms with Crippen LogP contribution in [0.4, 0.5) is 24.7 Å². The molecule has 2 N–H and O–H groups in total. The zero-order valence-electron chi connectivity index (χ0n) is 14.9. The van der Waals surface area contributed by atoms with Crippen LogP contribution >= 0.6 is 0 Å². The van der Waals surface area contributed by atoms with Gasteiger partial charge in [-0.05, 0) is 36.8 Å². The molecule has 144 valence electrons. The Balaban J connectivity index is 1.70. The Morgan fingerprint density at radius 1 is 1.00 bits per heavy atom. The van der Waals surface area contributed by atoms with Crippen LogP contribution in [0.1, 0.15) is 27.4 Å². The molecule has 0 radical (unpaired) electrons. The molecule has 0 saturated carbocycles. The molecule has 0 aliphatic heterocycles. The highest BCUT2D eigenvalue weighted by Crippen LogP contribution is 2.29. The topological polar surface area (TPSA) is 66.9 Å². The fourth-order valence-electron chi connectivity index (χ4n) is 2.50. The van der Waals surface area contributed by atoms with E-state index in [2.05, 4.69) is 20.6 Å². The number of halogens is 3. The van der Waals surface area contributed by atoms with Gasteiger partial charge in [-0.1, -0.05) is 30.3 Å². The van der Waals surface area contributed by atoms with Crippen molar-refractivity contribution in [2.75, 3.05) is 10.6 Å². The van der Waals surface area contributed by atoms with Gasteiger partial charge in [0, 0.05) is 18.3 Å². The summed E-state index contributed by atoms with van der Waals surface area (Å²) in [6.45, 7) is 2.18. The number of alkyl halides is 3. The van der Waals surface area contributed by atoms with Crippen molar-refractivity contribution in [3.63, 3.8) is 0 Å². The summed E-state index contributed by atoms with van der Waals surface area (Å²) in [6, 6.07) is 15.4. The summed E-state index contributed by atoms with van der Waals surface area (Å²) >= 11 is 0. The summed E-state index contributed by atoms with van der Waals surface area (Å²) in [7, 11) is 0. The number of anilines is 2. The van der Waals surface area contributed by atoms with Gasteiger partial charge in [0.05, 0.1) is 5.56 Å². The first-order valence-electron chi connectivity index (χ1n) is 8.43. The second-order valence-electron chi connectivity index (χ2n) is 6.05. The van der Waals surface area contributed by atoms with Crippen molar-refractivity contribution in [1.29, 1.82) is 0 Å². The molecule has 5 nitrogen and oxygen atoms in total. The highest BCUT2D eigenvalue weighted by molar-refractivity contribution is 6.03. The van der Waals surface area contributed by atoms with Crippen molar-refractivity contribution in [2.45, 2.75) is 19.6 Å². The van der Waals surface area contributed by atoms with E-state index in [9.17, 15) is 18.0 Å². The minimum absolute atomic E-state index is 0.114. The third-order valence-electron chi connectivity index (χ3n) is 3.86. The maximum Gasteiger partial charge on any atom is 0.416 e. The van der Waals surface area contributed by atoms with Crippen LogP contribution < -0.4 is 10.6 Å². The zero-order valence-corrected chi connectivity index (χ0v) is 14.9. The molecule has 1 amide bonds. The smallest absolute Gasteiger partial charge is 0.366 e. The maximum atomic E-state index is 12.6. The van der Waals surface area contributed by atoms with E-state index in [1.165, 1.54) is 18.2 Å². The van der Waals surface area contributed by atoms with Gasteiger partial charge >= 0.3 is 6.18 Å². The predicted molar refractivity (Wildman–Crippen MR) is 99.9 cm³/mol. The lowest BCUT2D eigenvalue weighted by atomic mass is 10.2. The Kier molecular flexibility index (Phi) is 5.58. The lowest BCUT2D eigenvalue weighted by Gasteiger charge is -2.10. The second kappa shape index (κ2) is 8.08. The number of benzene rings is 2. The summed E-state index contributed by atoms with van der Waals surface area (Å²) in [5.74, 6) is 0.345. The van der Waals surface area contributed by atoms with E-state index in [0.717, 1.165) is 17.7 Å². The highest BCUT2D eigenvalue weighted by atomic mass is 19.4. The Morgan fingerprint density at radius 2 is 1.68 bits per heavy atom. The average Bonchev–Trinajstić information content (AvgIpc) is 2.66. The fraction of sp³-hybridized carbons (Fsp3) is 0.150. The summed E-state index contributed by atoms with van der Waals surface area (Å²) < 4.78 is 37.9. The number of carbonyl (C=O) groups excluding carboxylic acids is 1. The van der Waals surface area contributed by atoms with Gasteiger partial charge in [0.25, 0.3) is 5.91 Å². The van der Waals surface area contributed by atoms with Crippen molar-refractivity contribution in [3.8, 4) is 0 Å². The van der Waals surface area contributed by atoms with Gasteiger partial charge in [-0.2, -0.15) is 13.2 Å². The van der Waals surface area contributed by atoms with Crippen LogP contribution in [-0.2, 0) is 12.7 Å². The van der Waals surface area contributed by atoms with Crippen molar-refractivity contribution in [1.82, 2.24) is 9.97 Å². The monoisotopic (exact) mass is 386 g/mol. The van der Waals surface area contributed by atoms with E-state index in [1.807, 2.05) is 30.3 Å². The number of nitrogens with zero attached hydrogens (tertiary/aromatic N) is 2. The molecule has 3 rings (SSSR count). The van der Waals surface area contributed by atoms with Gasteiger partial charge in [0.15, 0.2) is 0 Å². The Hall–Kier alpha value is -3.42. The average molecular weight is 386 g/mol. The molecule has 0 unspecified atom stereocenters. The van der Waals surface area contributed by atoms with Crippen LogP contribution in [0, 0.1) is 6.92 Å². The van der Waals surface area contributed by atoms with Gasteiger partial charge < -0.3 is 10.6 Å². The minimum Gasteiger partial charge on any atom is -0.366 e. The number of rotatable bonds is 5. The van der Waals surface area contributed by atoms with E-state index < -0.39 is 17.6 Å². The van der Waals surface area contributed by atoms with E-state index in [1.54, 1.807) is 6.92 Å². The molecule has 3 aromatic rings. The standard InChI is InChI=1S/C20H17F3N4O/c1-13-25-17(11-18(26-13)24-12-14-5-3-2-4-6-14)19(28)27-16-9-7-15(8-10-16)20(21,22)23/h2-11H,12H2,1H3,(H,27,28)(H,24,25,26). The molecule has 0 aliphatic rings. The normalized spacial score (nSPS) is 11.1. The maximum absolute atomic E-state index is 12.6. The van der Waals surface area contributed by atoms with Crippen LogP contribution in [0.25, 0.3) is 0 Å². The van der Waals surface area contributed by atoms with E-state index in [-0.39, 0.29) is 11.4 Å². The summed E-state index contributed by atoms with van der Waals surface area (Å²) in [4.78, 5) is 20.8. The summed E-state index contributed by atoms with van der Waals surface area (Å²) in [6.07, 6.45) is -4.42. The molecule has 2 aromatic carbocycles. The van der Waals surface area contributed by atoms with Crippen molar-refractivity contribution >= 4 is 17.4 Å². The van der Waals surface area contributed by atoms with Crippen LogP contribution in [-0.4, -0.2) is 15.9 Å². The molecule has 0 saturated heterocycles. The van der Waals surface area contributed by atoms with Crippen LogP contribution in [0.15, 0.2) is 60.7 Å². The van der Waals surface area contributed by atoms with Crippen molar-refractivity contribution in [2.24, 2.45) is 0 Å². The predicted octanol–water partition coefficient (Wildman–Crippen LogP) is 4.67. The van der Waals surface area contributed by atoms with Crippen LogP contribution in [0.5, 0.6) is 0 Å². The summed E-state index contributed by atoms with van der Waals surface area (Å²) in [5, 5.41) is 5.67. The zero-order chi connectivity index (χ0) is 20.1. The molecule has 8 heteroatoms. The SMILES string of the molecule is Cc1nc(NCc2ccccc2)cc(C(=O)Nc2ccc(C(F)(F)F)cc2)n1. The van der Waals surface area contributed by atoms with Gasteiger partial charge in [-0.15, -0.1) is 0 Å². The third-order valence-corrected chi connectivity index (χ3v) is 3.86. The number of hydrogen-bond acceptors (Lipinski definition) is 4. The quantitative estimate of drug-likeness (QED) is 0.669. The lowest BCUT2D eigenvalue weighted by Crippen LogP contribution is -2.16. The van der Waals surface area contributed by atoms with Crippen LogP contribution in [0.2, 0.25) is 0 Å². The number of aromatic nitrogens is 2. The molecule has 0 bridgehead atoms. The molecule has 1 aromatic heterocycles. The van der Waals surface area contributed by atoms with E-state index in [4.69, 9.17) is 0 Å². The van der Waals surface area contributed by atoms with E-state index >= 15 is 0 Å². The van der Waals surface area contributed by atoms with Gasteiger partial charge in [0.1, 0.15) is 17.3 Å². The first kappa shape index (κ1) is 19.3. The molecule has 0 spiro atoms. The largest absolute Gasteiger partial charge is 0.416 e. The van der Waals surface area contributed by atoms with Gasteiger partial charge in [-0.25, -0.2) is 9.97 Å². The third kappa shape index (κ3) is 5.06. The molecule has 0 atom stereocenters. The lowest BCUT2D eigenvalue weighted by molar-refractivity contribution is -0.137. The number of nitrogens with one attached hydrogen (secondary N) is 2. The highest BCUT2D eigenvalue weighted by Gasteiger charge is 2.30. The Morgan fingerprint density at radius 3 is 2.32 bits per heavy atom. The summed E-state index contributed by atoms with van der Waals surface area (Å²) in [5.41, 5.74) is 0.626. The van der Waals surface area contributed by atoms with Gasteiger partial charge in [-0.3, -0.25) is 4.79 Å². The number of aryl methyl sites for hydroxylation is 1. The Labute approximate surface area is 159 Å². The van der Waals surface area contributed by atoms with E-state index in [0.29, 0.717) is 18.2 Å². The number of carbonyl (C=O) groups is 1. The van der Waals surface area contributed by atoms with Crippen LogP contribution in [0.3, 0.4) is 0 Å². The fourth-order valence-corrected chi connectivity index (χ4v) is 2.50. The van der Waals surface area contributed by atoms with Gasteiger partial charge in [0.2, 0.25) is 0 Å². The Bertz CT molecular complexity index is 957. The first-order valence-corrected chi connectivity index (χ1v) is 8.43. The number of hydrogen-bond donors (Lipinski definition) is 2. The minimum atomic E-state index is -4.42. The molecular weight excluding hydrogens is 369 g/mol. The second-order valence-corrected chi connectivity index (χ2v) is 6.05. The van der Waals surface area contributed by atoms with Crippen molar-refractivity contribution < 1.29 is 18.0 Å². The molecule has 0 fully saturated rings. The molecular formula is C20H17F3N4O. The first-order chi connectivity index (χ1) is 13.3.